The number of imide groups is 1. The smallest absolute Gasteiger partial charge is 0.414 e. The number of hydroxylamine groups is 1. The first-order valence-electron chi connectivity index (χ1n) is 10.3. The predicted octanol–water partition coefficient (Wildman–Crippen LogP) is 4.11. The van der Waals surface area contributed by atoms with Crippen molar-refractivity contribution < 1.29 is 34.2 Å². The minimum absolute atomic E-state index is 0.175. The van der Waals surface area contributed by atoms with Gasteiger partial charge in [-0.15, -0.1) is 0 Å². The van der Waals surface area contributed by atoms with Crippen LogP contribution in [0.4, 0.5) is 4.79 Å². The molecule has 10 heteroatoms. The fraction of sp³-hybridized carbons (Fsp3) is 0.0800. The van der Waals surface area contributed by atoms with E-state index in [4.69, 9.17) is 14.7 Å². The van der Waals surface area contributed by atoms with Crippen LogP contribution in [0.2, 0.25) is 0 Å². The molecule has 0 heterocycles. The molecule has 35 heavy (non-hydrogen) atoms. The summed E-state index contributed by atoms with van der Waals surface area (Å²) in [5.74, 6) is -1.34. The number of carbonyl (C=O) groups excluding carboxylic acids is 3. The Morgan fingerprint density at radius 3 is 2.26 bits per heavy atom. The molecule has 180 valence electrons. The second-order valence-electron chi connectivity index (χ2n) is 7.08. The maximum Gasteiger partial charge on any atom is 0.414 e. The zero-order valence-electron chi connectivity index (χ0n) is 18.1. The number of hydrogen-bond acceptors (Lipinski definition) is 7. The van der Waals surface area contributed by atoms with Gasteiger partial charge in [-0.05, 0) is 71.1 Å². The van der Waals surface area contributed by atoms with E-state index in [1.54, 1.807) is 60.7 Å². The third kappa shape index (κ3) is 7.55. The number of alkyl carbamates (subject to hydrolysis) is 1. The summed E-state index contributed by atoms with van der Waals surface area (Å²) >= 11 is 2.02. The van der Waals surface area contributed by atoms with E-state index in [0.717, 1.165) is 9.65 Å². The van der Waals surface area contributed by atoms with Gasteiger partial charge in [0, 0.05) is 20.8 Å². The van der Waals surface area contributed by atoms with Crippen LogP contribution < -0.4 is 15.5 Å². The lowest BCUT2D eigenvalue weighted by Gasteiger charge is -2.26. The molecule has 0 aliphatic carbocycles. The van der Waals surface area contributed by atoms with Crippen LogP contribution in [0.3, 0.4) is 0 Å². The third-order valence-electron chi connectivity index (χ3n) is 4.64. The molecule has 0 radical (unpaired) electrons. The molecule has 4 N–H and O–H groups in total. The monoisotopic (exact) mass is 588 g/mol. The number of hydrogen-bond donors (Lipinski definition) is 4. The Labute approximate surface area is 214 Å². The second-order valence-corrected chi connectivity index (χ2v) is 8.33. The van der Waals surface area contributed by atoms with Gasteiger partial charge >= 0.3 is 6.09 Å². The predicted molar refractivity (Wildman–Crippen MR) is 134 cm³/mol. The van der Waals surface area contributed by atoms with Crippen molar-refractivity contribution in [3.8, 4) is 11.5 Å². The molecular formula is C25H21IN2O7. The van der Waals surface area contributed by atoms with Gasteiger partial charge in [0.15, 0.2) is 12.2 Å². The van der Waals surface area contributed by atoms with Crippen LogP contribution in [-0.4, -0.2) is 34.3 Å². The van der Waals surface area contributed by atoms with E-state index in [1.807, 2.05) is 22.6 Å². The van der Waals surface area contributed by atoms with E-state index in [0.29, 0.717) is 5.75 Å². The Morgan fingerprint density at radius 2 is 1.60 bits per heavy atom. The fourth-order valence-corrected chi connectivity index (χ4v) is 3.55. The lowest BCUT2D eigenvalue weighted by Crippen LogP contribution is -2.36. The minimum Gasteiger partial charge on any atom is -0.508 e. The normalized spacial score (nSPS) is 12.4. The quantitative estimate of drug-likeness (QED) is 0.135. The Morgan fingerprint density at radius 1 is 0.943 bits per heavy atom. The fourth-order valence-electron chi connectivity index (χ4n) is 3.04. The van der Waals surface area contributed by atoms with Gasteiger partial charge in [-0.3, -0.25) is 20.1 Å². The number of phenolic OH excluding ortho intramolecular Hbond substituents is 1. The number of phenols is 1. The van der Waals surface area contributed by atoms with Crippen molar-refractivity contribution in [2.24, 2.45) is 0 Å². The number of ether oxygens (including phenoxy) is 2. The van der Waals surface area contributed by atoms with Crippen molar-refractivity contribution in [2.45, 2.75) is 12.2 Å². The Kier molecular flexibility index (Phi) is 9.21. The highest BCUT2D eigenvalue weighted by Gasteiger charge is 2.31. The molecule has 0 saturated carbocycles. The van der Waals surface area contributed by atoms with E-state index < -0.39 is 30.1 Å². The minimum atomic E-state index is -1.30. The van der Waals surface area contributed by atoms with E-state index in [-0.39, 0.29) is 16.9 Å². The first-order valence-corrected chi connectivity index (χ1v) is 11.3. The topological polar surface area (TPSA) is 134 Å². The molecule has 3 aromatic carbocycles. The average Bonchev–Trinajstić information content (AvgIpc) is 2.87. The van der Waals surface area contributed by atoms with Gasteiger partial charge in [-0.25, -0.2) is 10.3 Å². The number of rotatable bonds is 8. The molecule has 0 spiro atoms. The summed E-state index contributed by atoms with van der Waals surface area (Å²) < 4.78 is 12.2. The lowest BCUT2D eigenvalue weighted by atomic mass is 10.0. The molecule has 0 bridgehead atoms. The first kappa shape index (κ1) is 25.7. The first-order chi connectivity index (χ1) is 16.9. The van der Waals surface area contributed by atoms with Crippen LogP contribution in [0.1, 0.15) is 22.0 Å². The van der Waals surface area contributed by atoms with Gasteiger partial charge in [-0.2, -0.15) is 0 Å². The van der Waals surface area contributed by atoms with Crippen LogP contribution in [0.15, 0.2) is 91.0 Å². The van der Waals surface area contributed by atoms with Gasteiger partial charge in [-0.1, -0.05) is 36.4 Å². The largest absolute Gasteiger partial charge is 0.508 e. The second kappa shape index (κ2) is 12.5. The van der Waals surface area contributed by atoms with Gasteiger partial charge < -0.3 is 14.6 Å². The number of benzene rings is 3. The highest BCUT2D eigenvalue weighted by atomic mass is 127. The molecule has 9 nitrogen and oxygen atoms in total. The van der Waals surface area contributed by atoms with Crippen molar-refractivity contribution in [3.05, 3.63) is 106 Å². The summed E-state index contributed by atoms with van der Waals surface area (Å²) in [5, 5.41) is 21.5. The summed E-state index contributed by atoms with van der Waals surface area (Å²) in [6.07, 6.45) is -1.28. The molecule has 3 rings (SSSR count). The number of halogens is 1. The zero-order valence-corrected chi connectivity index (χ0v) is 20.3. The Balaban J connectivity index is 1.96. The number of nitrogens with one attached hydrogen (secondary N) is 2. The van der Waals surface area contributed by atoms with Crippen molar-refractivity contribution in [2.75, 3.05) is 0 Å². The van der Waals surface area contributed by atoms with E-state index in [9.17, 15) is 19.5 Å². The average molecular weight is 588 g/mol. The van der Waals surface area contributed by atoms with Crippen molar-refractivity contribution in [3.63, 3.8) is 0 Å². The van der Waals surface area contributed by atoms with Gasteiger partial charge in [0.05, 0.1) is 0 Å². The zero-order chi connectivity index (χ0) is 25.2. The number of aromatic hydroxyl groups is 1. The van der Waals surface area contributed by atoms with Gasteiger partial charge in [0.1, 0.15) is 11.5 Å². The SMILES string of the molecule is O=C(/C=C/[C@H](Oc1ccccc1)[C@@H](OC(=O)NC(=O)c1ccccc1)c1cc(I)ccc1O)NO. The van der Waals surface area contributed by atoms with Crippen LogP contribution >= 0.6 is 22.6 Å². The molecule has 2 atom stereocenters. The van der Waals surface area contributed by atoms with Crippen LogP contribution in [-0.2, 0) is 9.53 Å². The molecule has 0 aliphatic rings. The van der Waals surface area contributed by atoms with Crippen LogP contribution in [0.25, 0.3) is 0 Å². The molecule has 3 aromatic rings. The number of amides is 3. The van der Waals surface area contributed by atoms with Crippen molar-refractivity contribution in [1.29, 1.82) is 0 Å². The molecule has 0 fully saturated rings. The Bertz CT molecular complexity index is 1200. The Hall–Kier alpha value is -3.90. The van der Waals surface area contributed by atoms with Crippen LogP contribution in [0.5, 0.6) is 11.5 Å². The summed E-state index contributed by atoms with van der Waals surface area (Å²) in [6.45, 7) is 0. The molecule has 0 saturated heterocycles. The van der Waals surface area contributed by atoms with Gasteiger partial charge in [0.2, 0.25) is 0 Å². The summed E-state index contributed by atoms with van der Waals surface area (Å²) in [6, 6.07) is 21.3. The van der Waals surface area contributed by atoms with Gasteiger partial charge in [0.25, 0.3) is 11.8 Å². The molecule has 3 amide bonds. The number of carbonyl (C=O) groups is 3. The lowest BCUT2D eigenvalue weighted by molar-refractivity contribution is -0.124. The van der Waals surface area contributed by atoms with Crippen molar-refractivity contribution in [1.82, 2.24) is 10.8 Å². The highest BCUT2D eigenvalue weighted by Crippen LogP contribution is 2.33. The third-order valence-corrected chi connectivity index (χ3v) is 5.31. The number of para-hydroxylation sites is 1. The summed E-state index contributed by atoms with van der Waals surface area (Å²) in [4.78, 5) is 36.8. The molecule has 0 aliphatic heterocycles. The molecule has 0 unspecified atom stereocenters. The standard InChI is InChI=1S/C25H21IN2O7/c26-17-11-12-20(29)19(15-17)23(35-25(32)27-24(31)16-7-3-1-4-8-16)21(13-14-22(30)28-33)34-18-9-5-2-6-10-18/h1-15,21,23,29,33H,(H,28,30)(H,27,31,32)/b14-13+/t21-,23-/m0/s1. The highest BCUT2D eigenvalue weighted by molar-refractivity contribution is 14.1. The van der Waals surface area contributed by atoms with Crippen LogP contribution in [0, 0.1) is 3.57 Å². The molecular weight excluding hydrogens is 567 g/mol. The molecule has 0 aromatic heterocycles. The van der Waals surface area contributed by atoms with E-state index in [2.05, 4.69) is 5.32 Å². The summed E-state index contributed by atoms with van der Waals surface area (Å²) in [5.41, 5.74) is 1.89. The maximum absolute atomic E-state index is 12.7. The van der Waals surface area contributed by atoms with E-state index in [1.165, 1.54) is 29.8 Å². The summed E-state index contributed by atoms with van der Waals surface area (Å²) in [7, 11) is 0. The van der Waals surface area contributed by atoms with Crippen molar-refractivity contribution >= 4 is 40.5 Å². The maximum atomic E-state index is 12.7. The van der Waals surface area contributed by atoms with E-state index >= 15 is 0 Å².